The predicted octanol–water partition coefficient (Wildman–Crippen LogP) is 3.36. The van der Waals surface area contributed by atoms with Gasteiger partial charge >= 0.3 is 0 Å². The molecule has 1 heterocycles. The summed E-state index contributed by atoms with van der Waals surface area (Å²) in [5.41, 5.74) is 0. The van der Waals surface area contributed by atoms with Gasteiger partial charge in [0.25, 0.3) is 0 Å². The van der Waals surface area contributed by atoms with Crippen LogP contribution in [0.2, 0.25) is 0 Å². The number of hydrogen-bond donors (Lipinski definition) is 1. The first kappa shape index (κ1) is 13.4. The SMILES string of the molecule is CCNC(CCC1CCCO1)C1CCC(C)C1. The summed E-state index contributed by atoms with van der Waals surface area (Å²) in [7, 11) is 0. The van der Waals surface area contributed by atoms with Crippen molar-refractivity contribution >= 4 is 0 Å². The van der Waals surface area contributed by atoms with E-state index in [1.54, 1.807) is 0 Å². The average Bonchev–Trinajstić information content (AvgIpc) is 2.95. The molecule has 1 saturated heterocycles. The molecule has 4 atom stereocenters. The summed E-state index contributed by atoms with van der Waals surface area (Å²) >= 11 is 0. The second-order valence-electron chi connectivity index (χ2n) is 6.05. The van der Waals surface area contributed by atoms with Gasteiger partial charge in [-0.2, -0.15) is 0 Å². The largest absolute Gasteiger partial charge is 0.378 e. The minimum atomic E-state index is 0.565. The van der Waals surface area contributed by atoms with Gasteiger partial charge in [-0.05, 0) is 56.9 Å². The lowest BCUT2D eigenvalue weighted by molar-refractivity contribution is 0.0971. The molecule has 0 radical (unpaired) electrons. The zero-order chi connectivity index (χ0) is 12.1. The molecular weight excluding hydrogens is 210 g/mol. The van der Waals surface area contributed by atoms with E-state index in [2.05, 4.69) is 19.2 Å². The van der Waals surface area contributed by atoms with Gasteiger partial charge in [0.05, 0.1) is 6.10 Å². The molecule has 2 fully saturated rings. The van der Waals surface area contributed by atoms with Gasteiger partial charge in [0.15, 0.2) is 0 Å². The molecule has 0 aromatic carbocycles. The Bertz CT molecular complexity index is 213. The van der Waals surface area contributed by atoms with Crippen LogP contribution in [0.25, 0.3) is 0 Å². The van der Waals surface area contributed by atoms with Crippen LogP contribution in [0.3, 0.4) is 0 Å². The van der Waals surface area contributed by atoms with Crippen LogP contribution in [0.4, 0.5) is 0 Å². The van der Waals surface area contributed by atoms with E-state index >= 15 is 0 Å². The van der Waals surface area contributed by atoms with Crippen LogP contribution in [0.15, 0.2) is 0 Å². The molecule has 2 rings (SSSR count). The molecule has 2 heteroatoms. The Labute approximate surface area is 107 Å². The van der Waals surface area contributed by atoms with Crippen molar-refractivity contribution in [2.24, 2.45) is 11.8 Å². The summed E-state index contributed by atoms with van der Waals surface area (Å²) in [5.74, 6) is 1.87. The highest BCUT2D eigenvalue weighted by Gasteiger charge is 2.29. The molecule has 0 amide bonds. The normalized spacial score (nSPS) is 35.3. The first-order valence-corrected chi connectivity index (χ1v) is 7.64. The molecule has 1 saturated carbocycles. The summed E-state index contributed by atoms with van der Waals surface area (Å²) in [4.78, 5) is 0. The molecule has 0 aromatic rings. The van der Waals surface area contributed by atoms with Crippen molar-refractivity contribution < 1.29 is 4.74 Å². The molecule has 2 nitrogen and oxygen atoms in total. The van der Waals surface area contributed by atoms with Gasteiger partial charge in [-0.15, -0.1) is 0 Å². The second kappa shape index (κ2) is 6.75. The lowest BCUT2D eigenvalue weighted by Crippen LogP contribution is -2.36. The molecule has 2 aliphatic rings. The molecule has 1 aliphatic carbocycles. The lowest BCUT2D eigenvalue weighted by Gasteiger charge is -2.25. The third kappa shape index (κ3) is 3.96. The molecular formula is C15H29NO. The van der Waals surface area contributed by atoms with Gasteiger partial charge < -0.3 is 10.1 Å². The van der Waals surface area contributed by atoms with Crippen molar-refractivity contribution in [1.82, 2.24) is 5.32 Å². The fourth-order valence-electron chi connectivity index (χ4n) is 3.62. The van der Waals surface area contributed by atoms with E-state index in [1.807, 2.05) is 0 Å². The lowest BCUT2D eigenvalue weighted by atomic mass is 9.92. The smallest absolute Gasteiger partial charge is 0.0576 e. The van der Waals surface area contributed by atoms with Crippen molar-refractivity contribution in [3.8, 4) is 0 Å². The van der Waals surface area contributed by atoms with Gasteiger partial charge in [0.1, 0.15) is 0 Å². The molecule has 0 aromatic heterocycles. The number of rotatable bonds is 6. The zero-order valence-corrected chi connectivity index (χ0v) is 11.6. The second-order valence-corrected chi connectivity index (χ2v) is 6.05. The summed E-state index contributed by atoms with van der Waals surface area (Å²) in [5, 5.41) is 3.71. The quantitative estimate of drug-likeness (QED) is 0.767. The molecule has 1 N–H and O–H groups in total. The summed E-state index contributed by atoms with van der Waals surface area (Å²) in [6.07, 6.45) is 10.0. The topological polar surface area (TPSA) is 21.3 Å². The van der Waals surface area contributed by atoms with Gasteiger partial charge in [0.2, 0.25) is 0 Å². The molecule has 4 unspecified atom stereocenters. The van der Waals surface area contributed by atoms with Crippen LogP contribution in [0.5, 0.6) is 0 Å². The standard InChI is InChI=1S/C15H29NO/c1-3-16-15(13-7-6-12(2)11-13)9-8-14-5-4-10-17-14/h12-16H,3-11H2,1-2H3. The first-order chi connectivity index (χ1) is 8.29. The van der Waals surface area contributed by atoms with Crippen molar-refractivity contribution in [1.29, 1.82) is 0 Å². The van der Waals surface area contributed by atoms with Crippen LogP contribution in [0, 0.1) is 11.8 Å². The van der Waals surface area contributed by atoms with E-state index in [1.165, 1.54) is 44.9 Å². The Morgan fingerprint density at radius 3 is 2.76 bits per heavy atom. The molecule has 0 bridgehead atoms. The maximum Gasteiger partial charge on any atom is 0.0576 e. The number of hydrogen-bond acceptors (Lipinski definition) is 2. The summed E-state index contributed by atoms with van der Waals surface area (Å²) < 4.78 is 5.74. The van der Waals surface area contributed by atoms with E-state index in [0.29, 0.717) is 6.10 Å². The van der Waals surface area contributed by atoms with E-state index < -0.39 is 0 Å². The van der Waals surface area contributed by atoms with Gasteiger partial charge in [-0.3, -0.25) is 0 Å². The predicted molar refractivity (Wildman–Crippen MR) is 72.2 cm³/mol. The highest BCUT2D eigenvalue weighted by molar-refractivity contribution is 4.84. The van der Waals surface area contributed by atoms with E-state index in [9.17, 15) is 0 Å². The highest BCUT2D eigenvalue weighted by Crippen LogP contribution is 2.34. The van der Waals surface area contributed by atoms with Crippen LogP contribution in [0.1, 0.15) is 58.8 Å². The minimum absolute atomic E-state index is 0.565. The summed E-state index contributed by atoms with van der Waals surface area (Å²) in [6.45, 7) is 6.75. The first-order valence-electron chi connectivity index (χ1n) is 7.64. The van der Waals surface area contributed by atoms with Gasteiger partial charge in [-0.25, -0.2) is 0 Å². The van der Waals surface area contributed by atoms with Crippen molar-refractivity contribution in [2.45, 2.75) is 70.9 Å². The van der Waals surface area contributed by atoms with Gasteiger partial charge in [0, 0.05) is 12.6 Å². The molecule has 100 valence electrons. The van der Waals surface area contributed by atoms with Crippen molar-refractivity contribution in [2.75, 3.05) is 13.2 Å². The van der Waals surface area contributed by atoms with Crippen molar-refractivity contribution in [3.63, 3.8) is 0 Å². The Hall–Kier alpha value is -0.0800. The van der Waals surface area contributed by atoms with E-state index in [4.69, 9.17) is 4.74 Å². The molecule has 17 heavy (non-hydrogen) atoms. The monoisotopic (exact) mass is 239 g/mol. The zero-order valence-electron chi connectivity index (χ0n) is 11.6. The van der Waals surface area contributed by atoms with Crippen molar-refractivity contribution in [3.05, 3.63) is 0 Å². The van der Waals surface area contributed by atoms with E-state index in [-0.39, 0.29) is 0 Å². The highest BCUT2D eigenvalue weighted by atomic mass is 16.5. The third-order valence-corrected chi connectivity index (χ3v) is 4.59. The average molecular weight is 239 g/mol. The fraction of sp³-hybridized carbons (Fsp3) is 1.00. The number of nitrogens with one attached hydrogen (secondary N) is 1. The van der Waals surface area contributed by atoms with Crippen LogP contribution in [-0.2, 0) is 4.74 Å². The van der Waals surface area contributed by atoms with E-state index in [0.717, 1.165) is 31.0 Å². The third-order valence-electron chi connectivity index (χ3n) is 4.59. The Morgan fingerprint density at radius 2 is 2.18 bits per heavy atom. The Kier molecular flexibility index (Phi) is 5.30. The maximum absolute atomic E-state index is 5.74. The molecule has 0 spiro atoms. The summed E-state index contributed by atoms with van der Waals surface area (Å²) in [6, 6.07) is 0.745. The molecule has 1 aliphatic heterocycles. The van der Waals surface area contributed by atoms with Gasteiger partial charge in [-0.1, -0.05) is 20.3 Å². The Morgan fingerprint density at radius 1 is 1.29 bits per heavy atom. The minimum Gasteiger partial charge on any atom is -0.378 e. The fourth-order valence-corrected chi connectivity index (χ4v) is 3.62. The Balaban J connectivity index is 1.75. The van der Waals surface area contributed by atoms with Crippen LogP contribution >= 0.6 is 0 Å². The van der Waals surface area contributed by atoms with Crippen LogP contribution in [-0.4, -0.2) is 25.3 Å². The van der Waals surface area contributed by atoms with Crippen LogP contribution < -0.4 is 5.32 Å². The maximum atomic E-state index is 5.74. The number of ether oxygens (including phenoxy) is 1.